The number of anilines is 1. The van der Waals surface area contributed by atoms with Crippen LogP contribution >= 0.6 is 11.3 Å². The molecule has 1 aliphatic heterocycles. The van der Waals surface area contributed by atoms with Crippen LogP contribution in [0.2, 0.25) is 0 Å². The van der Waals surface area contributed by atoms with Crippen LogP contribution in [0.15, 0.2) is 55.2 Å². The Morgan fingerprint density at radius 2 is 1.93 bits per heavy atom. The number of aromatic nitrogens is 7. The van der Waals surface area contributed by atoms with Gasteiger partial charge in [-0.2, -0.15) is 5.10 Å². The Kier molecular flexibility index (Phi) is 6.29. The zero-order chi connectivity index (χ0) is 27.1. The highest BCUT2D eigenvalue weighted by molar-refractivity contribution is 7.15. The first-order chi connectivity index (χ1) is 19.6. The summed E-state index contributed by atoms with van der Waals surface area (Å²) in [6.07, 6.45) is 11.4. The number of carbonyl (C=O) groups is 1. The molecule has 6 aromatic rings. The van der Waals surface area contributed by atoms with Crippen LogP contribution < -0.4 is 10.6 Å². The molecule has 4 N–H and O–H groups in total. The van der Waals surface area contributed by atoms with Crippen molar-refractivity contribution >= 4 is 44.9 Å². The van der Waals surface area contributed by atoms with Crippen LogP contribution in [0.3, 0.4) is 0 Å². The van der Waals surface area contributed by atoms with E-state index in [0.29, 0.717) is 29.5 Å². The Morgan fingerprint density at radius 3 is 2.77 bits per heavy atom. The van der Waals surface area contributed by atoms with Crippen LogP contribution in [0.5, 0.6) is 0 Å². The zero-order valence-corrected chi connectivity index (χ0v) is 22.7. The minimum atomic E-state index is 0.0165. The van der Waals surface area contributed by atoms with Crippen LogP contribution in [0.4, 0.5) is 5.69 Å². The lowest BCUT2D eigenvalue weighted by molar-refractivity contribution is -0.117. The Morgan fingerprint density at radius 1 is 1.05 bits per heavy atom. The van der Waals surface area contributed by atoms with Gasteiger partial charge in [-0.05, 0) is 63.0 Å². The van der Waals surface area contributed by atoms with E-state index >= 15 is 0 Å². The Balaban J connectivity index is 1.19. The average molecular weight is 550 g/mol. The van der Waals surface area contributed by atoms with Gasteiger partial charge < -0.3 is 15.6 Å². The molecule has 0 aromatic carbocycles. The van der Waals surface area contributed by atoms with E-state index in [1.165, 1.54) is 4.88 Å². The van der Waals surface area contributed by atoms with E-state index in [2.05, 4.69) is 59.8 Å². The SMILES string of the molecule is Cc1ccc(-c2cncc3[nH]c(-c4n[nH]c5cnc(-c6cncc(NC(=O)CC7CCNCC7)c6)cc45)nc23)s1. The molecule has 10 nitrogen and oxygen atoms in total. The standard InChI is InChI=1S/C29H27N9OS/c1-16-2-3-25(40-16)21-13-32-14-24-27(21)36-29(35-24)28-20-10-22(33-15-23(20)37-38-28)18-9-19(12-31-11-18)34-26(39)8-17-4-6-30-7-5-17/h2-3,9-15,17,30H,4-8H2,1H3,(H,34,39)(H,35,36)(H,37,38). The van der Waals surface area contributed by atoms with Gasteiger partial charge in [0.1, 0.15) is 11.2 Å². The number of imidazole rings is 1. The second kappa shape index (κ2) is 10.2. The number of pyridine rings is 3. The molecule has 200 valence electrons. The molecule has 0 unspecified atom stereocenters. The van der Waals surface area contributed by atoms with Gasteiger partial charge in [0.2, 0.25) is 5.91 Å². The molecule has 1 fully saturated rings. The van der Waals surface area contributed by atoms with Crippen molar-refractivity contribution < 1.29 is 4.79 Å². The lowest BCUT2D eigenvalue weighted by Gasteiger charge is -2.21. The fourth-order valence-electron chi connectivity index (χ4n) is 5.27. The molecular weight excluding hydrogens is 522 g/mol. The average Bonchev–Trinajstić information content (AvgIpc) is 3.71. The highest BCUT2D eigenvalue weighted by Gasteiger charge is 2.19. The number of thiophene rings is 1. The van der Waals surface area contributed by atoms with Crippen LogP contribution in [0.1, 0.15) is 24.1 Å². The summed E-state index contributed by atoms with van der Waals surface area (Å²) in [5.41, 5.74) is 6.38. The Labute approximate surface area is 233 Å². The topological polar surface area (TPSA) is 137 Å². The molecule has 40 heavy (non-hydrogen) atoms. The van der Waals surface area contributed by atoms with Crippen LogP contribution in [-0.2, 0) is 4.79 Å². The van der Waals surface area contributed by atoms with Gasteiger partial charge in [-0.1, -0.05) is 0 Å². The molecule has 11 heteroatoms. The number of rotatable bonds is 6. The van der Waals surface area contributed by atoms with E-state index in [-0.39, 0.29) is 5.91 Å². The van der Waals surface area contributed by atoms with E-state index in [4.69, 9.17) is 4.98 Å². The molecule has 0 bridgehead atoms. The number of H-pyrrole nitrogens is 2. The van der Waals surface area contributed by atoms with Gasteiger partial charge in [0.15, 0.2) is 5.82 Å². The molecule has 6 aromatic heterocycles. The third-order valence-corrected chi connectivity index (χ3v) is 8.36. The van der Waals surface area contributed by atoms with Crippen molar-refractivity contribution in [1.82, 2.24) is 40.4 Å². The normalized spacial score (nSPS) is 14.2. The smallest absolute Gasteiger partial charge is 0.224 e. The molecular formula is C29H27N9OS. The first-order valence-corrected chi connectivity index (χ1v) is 14.1. The molecule has 0 spiro atoms. The van der Waals surface area contributed by atoms with Gasteiger partial charge in [-0.3, -0.25) is 24.8 Å². The second-order valence-corrected chi connectivity index (χ2v) is 11.5. The fraction of sp³-hybridized carbons (Fsp3) is 0.241. The highest BCUT2D eigenvalue weighted by atomic mass is 32.1. The molecule has 0 atom stereocenters. The van der Waals surface area contributed by atoms with E-state index in [9.17, 15) is 4.79 Å². The van der Waals surface area contributed by atoms with Gasteiger partial charge >= 0.3 is 0 Å². The number of aryl methyl sites for hydroxylation is 1. The number of nitrogens with zero attached hydrogens (tertiary/aromatic N) is 5. The highest BCUT2D eigenvalue weighted by Crippen LogP contribution is 2.34. The third kappa shape index (κ3) is 4.74. The van der Waals surface area contributed by atoms with Crippen LogP contribution in [-0.4, -0.2) is 54.1 Å². The maximum absolute atomic E-state index is 12.7. The van der Waals surface area contributed by atoms with Crippen molar-refractivity contribution in [2.75, 3.05) is 18.4 Å². The van der Waals surface area contributed by atoms with Crippen molar-refractivity contribution in [2.24, 2.45) is 5.92 Å². The number of hydrogen-bond donors (Lipinski definition) is 4. The van der Waals surface area contributed by atoms with Gasteiger partial charge in [0, 0.05) is 45.1 Å². The van der Waals surface area contributed by atoms with E-state index in [1.54, 1.807) is 36.1 Å². The Bertz CT molecular complexity index is 1850. The van der Waals surface area contributed by atoms with E-state index in [0.717, 1.165) is 69.6 Å². The van der Waals surface area contributed by atoms with Gasteiger partial charge in [0.25, 0.3) is 0 Å². The third-order valence-electron chi connectivity index (χ3n) is 7.32. The summed E-state index contributed by atoms with van der Waals surface area (Å²) >= 11 is 1.72. The number of nitrogens with one attached hydrogen (secondary N) is 4. The molecule has 7 rings (SSSR count). The summed E-state index contributed by atoms with van der Waals surface area (Å²) in [7, 11) is 0. The number of fused-ring (bicyclic) bond motifs is 2. The van der Waals surface area contributed by atoms with Gasteiger partial charge in [-0.25, -0.2) is 4.98 Å². The zero-order valence-electron chi connectivity index (χ0n) is 21.9. The summed E-state index contributed by atoms with van der Waals surface area (Å²) in [5, 5.41) is 14.9. The molecule has 0 radical (unpaired) electrons. The first kappa shape index (κ1) is 24.6. The molecule has 1 amide bonds. The van der Waals surface area contributed by atoms with Gasteiger partial charge in [-0.15, -0.1) is 11.3 Å². The Hall–Kier alpha value is -4.48. The van der Waals surface area contributed by atoms with E-state index < -0.39 is 0 Å². The van der Waals surface area contributed by atoms with Crippen molar-refractivity contribution in [3.8, 4) is 33.2 Å². The van der Waals surface area contributed by atoms with Gasteiger partial charge in [0.05, 0.1) is 41.0 Å². The molecule has 1 aliphatic rings. The number of hydrogen-bond acceptors (Lipinski definition) is 8. The van der Waals surface area contributed by atoms with Crippen molar-refractivity contribution in [1.29, 1.82) is 0 Å². The summed E-state index contributed by atoms with van der Waals surface area (Å²) in [5.74, 6) is 1.08. The first-order valence-electron chi connectivity index (χ1n) is 13.3. The predicted octanol–water partition coefficient (Wildman–Crippen LogP) is 5.32. The lowest BCUT2D eigenvalue weighted by atomic mass is 9.94. The minimum absolute atomic E-state index is 0.0165. The van der Waals surface area contributed by atoms with Crippen molar-refractivity contribution in [3.05, 3.63) is 60.1 Å². The molecule has 0 saturated carbocycles. The minimum Gasteiger partial charge on any atom is -0.335 e. The van der Waals surface area contributed by atoms with E-state index in [1.807, 2.05) is 18.3 Å². The van der Waals surface area contributed by atoms with Crippen molar-refractivity contribution in [2.45, 2.75) is 26.2 Å². The second-order valence-electron chi connectivity index (χ2n) is 10.2. The number of carbonyl (C=O) groups excluding carboxylic acids is 1. The summed E-state index contributed by atoms with van der Waals surface area (Å²) in [4.78, 5) is 36.8. The molecule has 1 saturated heterocycles. The maximum Gasteiger partial charge on any atom is 0.224 e. The monoisotopic (exact) mass is 549 g/mol. The summed E-state index contributed by atoms with van der Waals surface area (Å²) in [6.45, 7) is 4.03. The maximum atomic E-state index is 12.7. The summed E-state index contributed by atoms with van der Waals surface area (Å²) in [6, 6.07) is 8.08. The lowest BCUT2D eigenvalue weighted by Crippen LogP contribution is -2.30. The molecule has 7 heterocycles. The number of piperidine rings is 1. The number of aromatic amines is 2. The van der Waals surface area contributed by atoms with Crippen LogP contribution in [0.25, 0.3) is 55.2 Å². The predicted molar refractivity (Wildman–Crippen MR) is 157 cm³/mol. The fourth-order valence-corrected chi connectivity index (χ4v) is 6.15. The quantitative estimate of drug-likeness (QED) is 0.221. The molecule has 0 aliphatic carbocycles. The largest absolute Gasteiger partial charge is 0.335 e. The number of amides is 1. The van der Waals surface area contributed by atoms with Crippen molar-refractivity contribution in [3.63, 3.8) is 0 Å². The van der Waals surface area contributed by atoms with Crippen LogP contribution in [0, 0.1) is 12.8 Å². The summed E-state index contributed by atoms with van der Waals surface area (Å²) < 4.78 is 0.